The molecule has 0 atom stereocenters. The van der Waals surface area contributed by atoms with E-state index < -0.39 is 17.4 Å². The summed E-state index contributed by atoms with van der Waals surface area (Å²) in [6.45, 7) is 7.51. The minimum atomic E-state index is -0.684. The highest BCUT2D eigenvalue weighted by Crippen LogP contribution is 2.58. The van der Waals surface area contributed by atoms with E-state index in [1.165, 1.54) is 0 Å². The Morgan fingerprint density at radius 1 is 0.638 bits per heavy atom. The molecule has 0 aliphatic heterocycles. The van der Waals surface area contributed by atoms with Gasteiger partial charge in [0.25, 0.3) is 0 Å². The first-order valence-electron chi connectivity index (χ1n) is 15.3. The highest BCUT2D eigenvalue weighted by Gasteiger charge is 2.47. The molecule has 0 aromatic heterocycles. The second-order valence-electron chi connectivity index (χ2n) is 10.9. The van der Waals surface area contributed by atoms with Gasteiger partial charge in [0, 0.05) is 12.2 Å². The molecule has 0 saturated carbocycles. The van der Waals surface area contributed by atoms with E-state index in [1.54, 1.807) is 7.11 Å². The molecule has 7 heteroatoms. The molecule has 47 heavy (non-hydrogen) atoms. The van der Waals surface area contributed by atoms with Gasteiger partial charge in [-0.25, -0.2) is 9.59 Å². The number of carbonyl (C=O) groups is 2. The molecule has 1 aliphatic rings. The van der Waals surface area contributed by atoms with E-state index >= 15 is 0 Å². The van der Waals surface area contributed by atoms with Gasteiger partial charge in [-0.05, 0) is 80.6 Å². The molecule has 7 nitrogen and oxygen atoms in total. The zero-order chi connectivity index (χ0) is 32.8. The number of hydrogen-bond acceptors (Lipinski definition) is 7. The lowest BCUT2D eigenvalue weighted by molar-refractivity contribution is -0.139. The smallest absolute Gasteiger partial charge is 0.330 e. The standard InChI is InChI=1S/C40H34O7/c1-4-37(41)46-24-22-44-30-15-11-28(12-16-30)40(29-13-17-31(18-14-29)45-23-25-47-38(42)5-2)35-21-19-32(43-3)26-34(35)39-33-9-7-6-8-27(33)10-20-36(39)40/h4-21,26H,1-2,22-25H2,3H3. The molecule has 5 aromatic carbocycles. The van der Waals surface area contributed by atoms with Gasteiger partial charge in [-0.1, -0.05) is 79.9 Å². The van der Waals surface area contributed by atoms with Crippen LogP contribution < -0.4 is 14.2 Å². The van der Waals surface area contributed by atoms with Crippen LogP contribution in [0.25, 0.3) is 21.9 Å². The molecule has 0 spiro atoms. The van der Waals surface area contributed by atoms with Gasteiger partial charge in [-0.3, -0.25) is 0 Å². The minimum Gasteiger partial charge on any atom is -0.497 e. The highest BCUT2D eigenvalue weighted by atomic mass is 16.6. The van der Waals surface area contributed by atoms with Crippen LogP contribution in [0.15, 0.2) is 128 Å². The van der Waals surface area contributed by atoms with Crippen molar-refractivity contribution in [2.24, 2.45) is 0 Å². The summed E-state index contributed by atoms with van der Waals surface area (Å²) in [6.07, 6.45) is 2.26. The zero-order valence-corrected chi connectivity index (χ0v) is 26.1. The first kappa shape index (κ1) is 31.2. The monoisotopic (exact) mass is 626 g/mol. The summed E-state index contributed by atoms with van der Waals surface area (Å²) in [5.41, 5.74) is 5.95. The lowest BCUT2D eigenvalue weighted by Gasteiger charge is -2.34. The van der Waals surface area contributed by atoms with Crippen molar-refractivity contribution >= 4 is 22.7 Å². The minimum absolute atomic E-state index is 0.122. The largest absolute Gasteiger partial charge is 0.497 e. The van der Waals surface area contributed by atoms with Crippen molar-refractivity contribution < 1.29 is 33.3 Å². The van der Waals surface area contributed by atoms with Crippen molar-refractivity contribution in [2.45, 2.75) is 5.41 Å². The van der Waals surface area contributed by atoms with Crippen molar-refractivity contribution in [3.63, 3.8) is 0 Å². The Morgan fingerprint density at radius 2 is 1.17 bits per heavy atom. The maximum absolute atomic E-state index is 11.4. The molecule has 0 fully saturated rings. The number of hydrogen-bond donors (Lipinski definition) is 0. The second-order valence-corrected chi connectivity index (χ2v) is 10.9. The van der Waals surface area contributed by atoms with Crippen LogP contribution in [0.1, 0.15) is 22.3 Å². The van der Waals surface area contributed by atoms with Gasteiger partial charge in [0.1, 0.15) is 43.7 Å². The molecule has 0 amide bonds. The van der Waals surface area contributed by atoms with E-state index in [4.69, 9.17) is 23.7 Å². The third-order valence-electron chi connectivity index (χ3n) is 8.33. The third-order valence-corrected chi connectivity index (χ3v) is 8.33. The topological polar surface area (TPSA) is 80.3 Å². The Morgan fingerprint density at radius 3 is 1.72 bits per heavy atom. The second kappa shape index (κ2) is 13.7. The number of benzene rings is 5. The highest BCUT2D eigenvalue weighted by molar-refractivity contribution is 6.04. The molecule has 236 valence electrons. The van der Waals surface area contributed by atoms with Crippen molar-refractivity contribution in [1.82, 2.24) is 0 Å². The predicted molar refractivity (Wildman–Crippen MR) is 181 cm³/mol. The molecule has 0 saturated heterocycles. The number of carbonyl (C=O) groups excluding carboxylic acids is 2. The lowest BCUT2D eigenvalue weighted by atomic mass is 9.67. The van der Waals surface area contributed by atoms with Gasteiger partial charge in [-0.15, -0.1) is 0 Å². The normalized spacial score (nSPS) is 12.4. The van der Waals surface area contributed by atoms with Crippen LogP contribution in [0.3, 0.4) is 0 Å². The summed E-state index contributed by atoms with van der Waals surface area (Å²) in [6, 6.07) is 35.2. The van der Waals surface area contributed by atoms with Gasteiger partial charge in [0.15, 0.2) is 0 Å². The van der Waals surface area contributed by atoms with E-state index in [0.29, 0.717) is 11.5 Å². The molecule has 0 bridgehead atoms. The number of ether oxygens (including phenoxy) is 5. The van der Waals surface area contributed by atoms with Crippen LogP contribution in [0.5, 0.6) is 17.2 Å². The van der Waals surface area contributed by atoms with Gasteiger partial charge in [0.2, 0.25) is 0 Å². The summed E-state index contributed by atoms with van der Waals surface area (Å²) >= 11 is 0. The van der Waals surface area contributed by atoms with Crippen LogP contribution in [0.2, 0.25) is 0 Å². The average molecular weight is 627 g/mol. The van der Waals surface area contributed by atoms with Crippen molar-refractivity contribution in [3.8, 4) is 28.4 Å². The zero-order valence-electron chi connectivity index (χ0n) is 26.1. The van der Waals surface area contributed by atoms with E-state index in [0.717, 1.165) is 62.1 Å². The predicted octanol–water partition coefficient (Wildman–Crippen LogP) is 7.43. The summed E-state index contributed by atoms with van der Waals surface area (Å²) in [7, 11) is 1.68. The van der Waals surface area contributed by atoms with Gasteiger partial charge >= 0.3 is 11.9 Å². The van der Waals surface area contributed by atoms with Gasteiger partial charge < -0.3 is 23.7 Å². The molecular weight excluding hydrogens is 592 g/mol. The maximum atomic E-state index is 11.4. The fourth-order valence-electron chi connectivity index (χ4n) is 6.32. The molecule has 0 unspecified atom stereocenters. The van der Waals surface area contributed by atoms with Crippen LogP contribution in [0.4, 0.5) is 0 Å². The van der Waals surface area contributed by atoms with E-state index in [1.807, 2.05) is 30.3 Å². The Labute approximate surface area is 273 Å². The summed E-state index contributed by atoms with van der Waals surface area (Å²) < 4.78 is 27.6. The van der Waals surface area contributed by atoms with Crippen LogP contribution in [-0.4, -0.2) is 45.5 Å². The fraction of sp³-hybridized carbons (Fsp3) is 0.150. The van der Waals surface area contributed by atoms with Gasteiger partial charge in [0.05, 0.1) is 12.5 Å². The lowest BCUT2D eigenvalue weighted by Crippen LogP contribution is -2.28. The first-order valence-corrected chi connectivity index (χ1v) is 15.3. The third kappa shape index (κ3) is 5.95. The Bertz CT molecular complexity index is 1870. The van der Waals surface area contributed by atoms with Gasteiger partial charge in [-0.2, -0.15) is 0 Å². The van der Waals surface area contributed by atoms with Crippen LogP contribution >= 0.6 is 0 Å². The maximum Gasteiger partial charge on any atom is 0.330 e. The number of methoxy groups -OCH3 is 1. The Kier molecular flexibility index (Phi) is 9.06. The Hall–Kier alpha value is -5.82. The number of rotatable bonds is 13. The quantitative estimate of drug-likeness (QED) is 0.0750. The molecular formula is C40H34O7. The van der Waals surface area contributed by atoms with E-state index in [-0.39, 0.29) is 26.4 Å². The molecule has 5 aromatic rings. The summed E-state index contributed by atoms with van der Waals surface area (Å²) in [5.74, 6) is 1.12. The van der Waals surface area contributed by atoms with Crippen molar-refractivity contribution in [3.05, 3.63) is 151 Å². The fourth-order valence-corrected chi connectivity index (χ4v) is 6.32. The van der Waals surface area contributed by atoms with E-state index in [2.05, 4.69) is 86.0 Å². The summed E-state index contributed by atoms with van der Waals surface area (Å²) in [5, 5.41) is 2.31. The van der Waals surface area contributed by atoms with Crippen molar-refractivity contribution in [1.29, 1.82) is 0 Å². The number of fused-ring (bicyclic) bond motifs is 5. The molecule has 0 N–H and O–H groups in total. The Balaban J connectivity index is 1.45. The first-order chi connectivity index (χ1) is 23.0. The molecule has 1 aliphatic carbocycles. The summed E-state index contributed by atoms with van der Waals surface area (Å²) in [4.78, 5) is 22.8. The number of esters is 2. The average Bonchev–Trinajstić information content (AvgIpc) is 3.42. The van der Waals surface area contributed by atoms with E-state index in [9.17, 15) is 9.59 Å². The van der Waals surface area contributed by atoms with Crippen LogP contribution in [0, 0.1) is 0 Å². The van der Waals surface area contributed by atoms with Crippen molar-refractivity contribution in [2.75, 3.05) is 33.5 Å². The SMILES string of the molecule is C=CC(=O)OCCOc1ccc(C2(c3ccc(OCCOC(=O)C=C)cc3)c3ccc(OC)cc3-c3c2ccc2ccccc32)cc1. The molecule has 0 radical (unpaired) electrons. The molecule has 6 rings (SSSR count). The molecule has 0 heterocycles. The van der Waals surface area contributed by atoms with Crippen LogP contribution in [-0.2, 0) is 24.5 Å².